The summed E-state index contributed by atoms with van der Waals surface area (Å²) in [6.07, 6.45) is 2.13. The Morgan fingerprint density at radius 1 is 1.39 bits per heavy atom. The van der Waals surface area contributed by atoms with Crippen LogP contribution in [-0.2, 0) is 9.53 Å². The third-order valence-electron chi connectivity index (χ3n) is 3.60. The second-order valence-corrected chi connectivity index (χ2v) is 6.43. The molecule has 2 saturated heterocycles. The summed E-state index contributed by atoms with van der Waals surface area (Å²) in [4.78, 5) is 25.2. The maximum atomic E-state index is 12.0. The van der Waals surface area contributed by atoms with E-state index in [9.17, 15) is 9.59 Å². The number of hydrogen-bond acceptors (Lipinski definition) is 3. The Morgan fingerprint density at radius 2 is 2.11 bits per heavy atom. The first-order chi connectivity index (χ1) is 8.30. The molecule has 0 aromatic carbocycles. The lowest BCUT2D eigenvalue weighted by atomic mass is 9.78. The number of carbonyl (C=O) groups excluding carboxylic acids is 2. The fourth-order valence-corrected chi connectivity index (χ4v) is 2.72. The van der Waals surface area contributed by atoms with Gasteiger partial charge in [-0.2, -0.15) is 0 Å². The van der Waals surface area contributed by atoms with Gasteiger partial charge in [-0.25, -0.2) is 4.79 Å². The van der Waals surface area contributed by atoms with Gasteiger partial charge in [0.2, 0.25) is 5.91 Å². The first kappa shape index (κ1) is 13.2. The molecule has 2 fully saturated rings. The minimum atomic E-state index is -0.462. The van der Waals surface area contributed by atoms with Crippen LogP contribution in [-0.4, -0.2) is 42.1 Å². The van der Waals surface area contributed by atoms with Gasteiger partial charge in [0.1, 0.15) is 5.60 Å². The monoisotopic (exact) mass is 254 g/mol. The quantitative estimate of drug-likeness (QED) is 0.713. The third kappa shape index (κ3) is 2.94. The molecule has 2 aliphatic rings. The summed E-state index contributed by atoms with van der Waals surface area (Å²) in [6.45, 7) is 7.67. The van der Waals surface area contributed by atoms with Crippen LogP contribution < -0.4 is 5.32 Å². The van der Waals surface area contributed by atoms with Gasteiger partial charge in [-0.3, -0.25) is 4.79 Å². The van der Waals surface area contributed by atoms with E-state index in [2.05, 4.69) is 5.32 Å². The molecular formula is C13H22N2O3. The molecule has 5 heteroatoms. The molecule has 0 saturated carbocycles. The Hall–Kier alpha value is -1.26. The highest BCUT2D eigenvalue weighted by Gasteiger charge is 2.43. The van der Waals surface area contributed by atoms with Crippen molar-refractivity contribution in [2.75, 3.05) is 19.6 Å². The molecule has 0 aromatic heterocycles. The van der Waals surface area contributed by atoms with Gasteiger partial charge in [-0.15, -0.1) is 0 Å². The molecule has 0 bridgehead atoms. The van der Waals surface area contributed by atoms with E-state index in [-0.39, 0.29) is 17.4 Å². The summed E-state index contributed by atoms with van der Waals surface area (Å²) in [5.74, 6) is 0.104. The molecule has 1 unspecified atom stereocenters. The molecule has 5 nitrogen and oxygen atoms in total. The fourth-order valence-electron chi connectivity index (χ4n) is 2.72. The summed E-state index contributed by atoms with van der Waals surface area (Å²) >= 11 is 0. The van der Waals surface area contributed by atoms with Crippen molar-refractivity contribution in [3.8, 4) is 0 Å². The Labute approximate surface area is 108 Å². The molecule has 2 rings (SSSR count). The van der Waals surface area contributed by atoms with Gasteiger partial charge < -0.3 is 15.0 Å². The van der Waals surface area contributed by atoms with Crippen molar-refractivity contribution in [2.24, 2.45) is 5.41 Å². The SMILES string of the molecule is CC(C)(C)OC(=O)N1CCC2(CCNC(=O)C2)C1. The van der Waals surface area contributed by atoms with E-state index in [1.165, 1.54) is 0 Å². The smallest absolute Gasteiger partial charge is 0.410 e. The van der Waals surface area contributed by atoms with Gasteiger partial charge in [0, 0.05) is 31.5 Å². The molecule has 1 spiro atoms. The first-order valence-electron chi connectivity index (χ1n) is 6.54. The molecule has 1 atom stereocenters. The van der Waals surface area contributed by atoms with Gasteiger partial charge in [-0.05, 0) is 33.6 Å². The molecule has 0 radical (unpaired) electrons. The van der Waals surface area contributed by atoms with E-state index in [4.69, 9.17) is 4.74 Å². The van der Waals surface area contributed by atoms with Crippen molar-refractivity contribution >= 4 is 12.0 Å². The number of nitrogens with zero attached hydrogens (tertiary/aromatic N) is 1. The third-order valence-corrected chi connectivity index (χ3v) is 3.60. The predicted octanol–water partition coefficient (Wildman–Crippen LogP) is 1.52. The van der Waals surface area contributed by atoms with Gasteiger partial charge in [-0.1, -0.05) is 0 Å². The topological polar surface area (TPSA) is 58.6 Å². The zero-order valence-corrected chi connectivity index (χ0v) is 11.4. The van der Waals surface area contributed by atoms with Crippen molar-refractivity contribution in [3.05, 3.63) is 0 Å². The summed E-state index contributed by atoms with van der Waals surface area (Å²) in [7, 11) is 0. The van der Waals surface area contributed by atoms with Crippen LogP contribution in [0.2, 0.25) is 0 Å². The molecule has 2 heterocycles. The van der Waals surface area contributed by atoms with Gasteiger partial charge in [0.25, 0.3) is 0 Å². The minimum absolute atomic E-state index is 0.0146. The van der Waals surface area contributed by atoms with Crippen molar-refractivity contribution in [1.82, 2.24) is 10.2 Å². The van der Waals surface area contributed by atoms with Crippen LogP contribution in [0.5, 0.6) is 0 Å². The zero-order valence-electron chi connectivity index (χ0n) is 11.4. The number of amides is 2. The lowest BCUT2D eigenvalue weighted by molar-refractivity contribution is -0.125. The van der Waals surface area contributed by atoms with Crippen LogP contribution in [0, 0.1) is 5.41 Å². The average molecular weight is 254 g/mol. The fraction of sp³-hybridized carbons (Fsp3) is 0.846. The van der Waals surface area contributed by atoms with Crippen LogP contribution in [0.1, 0.15) is 40.0 Å². The van der Waals surface area contributed by atoms with E-state index in [0.717, 1.165) is 19.4 Å². The second kappa shape index (κ2) is 4.44. The molecule has 18 heavy (non-hydrogen) atoms. The minimum Gasteiger partial charge on any atom is -0.444 e. The number of rotatable bonds is 0. The van der Waals surface area contributed by atoms with Crippen molar-refractivity contribution in [1.29, 1.82) is 0 Å². The van der Waals surface area contributed by atoms with Crippen molar-refractivity contribution < 1.29 is 14.3 Å². The lowest BCUT2D eigenvalue weighted by Gasteiger charge is -2.33. The van der Waals surface area contributed by atoms with Gasteiger partial charge in [0.15, 0.2) is 0 Å². The molecule has 0 aliphatic carbocycles. The first-order valence-corrected chi connectivity index (χ1v) is 6.54. The lowest BCUT2D eigenvalue weighted by Crippen LogP contribution is -2.43. The highest BCUT2D eigenvalue weighted by molar-refractivity contribution is 5.78. The van der Waals surface area contributed by atoms with Crippen LogP contribution >= 0.6 is 0 Å². The Kier molecular flexibility index (Phi) is 3.25. The average Bonchev–Trinajstić information content (AvgIpc) is 2.59. The summed E-state index contributed by atoms with van der Waals surface area (Å²) in [5.41, 5.74) is -0.476. The van der Waals surface area contributed by atoms with Gasteiger partial charge >= 0.3 is 6.09 Å². The summed E-state index contributed by atoms with van der Waals surface area (Å²) in [5, 5.41) is 2.84. The van der Waals surface area contributed by atoms with Crippen molar-refractivity contribution in [3.63, 3.8) is 0 Å². The molecule has 2 amide bonds. The van der Waals surface area contributed by atoms with E-state index in [1.54, 1.807) is 4.90 Å². The largest absolute Gasteiger partial charge is 0.444 e. The number of hydrogen-bond donors (Lipinski definition) is 1. The Balaban J connectivity index is 1.95. The number of ether oxygens (including phenoxy) is 1. The normalized spacial score (nSPS) is 28.4. The van der Waals surface area contributed by atoms with Crippen LogP contribution in [0.4, 0.5) is 4.79 Å². The van der Waals surface area contributed by atoms with E-state index < -0.39 is 5.60 Å². The van der Waals surface area contributed by atoms with Crippen LogP contribution in [0.25, 0.3) is 0 Å². The molecule has 102 valence electrons. The zero-order chi connectivity index (χ0) is 13.4. The number of nitrogens with one attached hydrogen (secondary N) is 1. The molecule has 2 aliphatic heterocycles. The molecule has 1 N–H and O–H groups in total. The van der Waals surface area contributed by atoms with Crippen LogP contribution in [0.3, 0.4) is 0 Å². The van der Waals surface area contributed by atoms with Crippen LogP contribution in [0.15, 0.2) is 0 Å². The second-order valence-electron chi connectivity index (χ2n) is 6.43. The van der Waals surface area contributed by atoms with Gasteiger partial charge in [0.05, 0.1) is 0 Å². The standard InChI is InChI=1S/C13H22N2O3/c1-12(2,3)18-11(17)15-7-5-13(9-15)4-6-14-10(16)8-13/h4-9H2,1-3H3,(H,14,16). The van der Waals surface area contributed by atoms with Crippen molar-refractivity contribution in [2.45, 2.75) is 45.6 Å². The Morgan fingerprint density at radius 3 is 2.72 bits per heavy atom. The summed E-state index contributed by atoms with van der Waals surface area (Å²) < 4.78 is 5.37. The maximum absolute atomic E-state index is 12.0. The predicted molar refractivity (Wildman–Crippen MR) is 67.1 cm³/mol. The Bertz CT molecular complexity index is 362. The number of piperidine rings is 1. The highest BCUT2D eigenvalue weighted by atomic mass is 16.6. The molecule has 0 aromatic rings. The van der Waals surface area contributed by atoms with E-state index in [1.807, 2.05) is 20.8 Å². The molecular weight excluding hydrogens is 232 g/mol. The van der Waals surface area contributed by atoms with E-state index >= 15 is 0 Å². The number of carbonyl (C=O) groups is 2. The number of likely N-dealkylation sites (tertiary alicyclic amines) is 1. The highest BCUT2D eigenvalue weighted by Crippen LogP contribution is 2.39. The summed E-state index contributed by atoms with van der Waals surface area (Å²) in [6, 6.07) is 0. The maximum Gasteiger partial charge on any atom is 0.410 e. The van der Waals surface area contributed by atoms with E-state index in [0.29, 0.717) is 19.5 Å².